The zero-order valence-corrected chi connectivity index (χ0v) is 12.4. The summed E-state index contributed by atoms with van der Waals surface area (Å²) in [5.74, 6) is 0.342. The number of carbonyl (C=O) groups excluding carboxylic acids is 1. The number of anilines is 1. The lowest BCUT2D eigenvalue weighted by atomic mass is 9.99. The lowest BCUT2D eigenvalue weighted by Gasteiger charge is -2.31. The second-order valence-corrected chi connectivity index (χ2v) is 5.72. The number of nitrogens with one attached hydrogen (secondary N) is 1. The third kappa shape index (κ3) is 3.81. The standard InChI is InChI=1S/C16H24N2O2/c1-12-5-3-7-15(13(12)2)17-16(20)10-18-8-4-6-14(9-18)11-19/h3,5,7,14,19H,4,6,8-11H2,1-2H3,(H,17,20). The molecule has 0 spiro atoms. The highest BCUT2D eigenvalue weighted by Gasteiger charge is 2.21. The molecule has 2 N–H and O–H groups in total. The number of nitrogens with zero attached hydrogens (tertiary/aromatic N) is 1. The smallest absolute Gasteiger partial charge is 0.238 e. The van der Waals surface area contributed by atoms with Crippen molar-refractivity contribution in [3.63, 3.8) is 0 Å². The first kappa shape index (κ1) is 15.0. The quantitative estimate of drug-likeness (QED) is 0.883. The van der Waals surface area contributed by atoms with E-state index in [4.69, 9.17) is 0 Å². The lowest BCUT2D eigenvalue weighted by Crippen LogP contribution is -2.41. The van der Waals surface area contributed by atoms with Gasteiger partial charge in [0.15, 0.2) is 0 Å². The summed E-state index contributed by atoms with van der Waals surface area (Å²) in [4.78, 5) is 14.3. The van der Waals surface area contributed by atoms with Gasteiger partial charge in [-0.3, -0.25) is 9.69 Å². The van der Waals surface area contributed by atoms with Crippen LogP contribution in [-0.4, -0.2) is 42.2 Å². The summed E-state index contributed by atoms with van der Waals surface area (Å²) in [6.07, 6.45) is 2.12. The van der Waals surface area contributed by atoms with Crippen molar-refractivity contribution in [2.45, 2.75) is 26.7 Å². The van der Waals surface area contributed by atoms with Crippen LogP contribution in [0.3, 0.4) is 0 Å². The van der Waals surface area contributed by atoms with Gasteiger partial charge in [-0.05, 0) is 56.3 Å². The molecule has 1 saturated heterocycles. The fourth-order valence-corrected chi connectivity index (χ4v) is 2.72. The first-order chi connectivity index (χ1) is 9.60. The van der Waals surface area contributed by atoms with E-state index in [-0.39, 0.29) is 12.5 Å². The third-order valence-electron chi connectivity index (χ3n) is 4.11. The Morgan fingerprint density at radius 1 is 1.45 bits per heavy atom. The van der Waals surface area contributed by atoms with Crippen LogP contribution in [0, 0.1) is 19.8 Å². The number of rotatable bonds is 4. The number of benzene rings is 1. The highest BCUT2D eigenvalue weighted by atomic mass is 16.3. The molecule has 110 valence electrons. The van der Waals surface area contributed by atoms with E-state index in [0.29, 0.717) is 12.5 Å². The summed E-state index contributed by atoms with van der Waals surface area (Å²) < 4.78 is 0. The van der Waals surface area contributed by atoms with Crippen molar-refractivity contribution in [1.82, 2.24) is 4.90 Å². The minimum absolute atomic E-state index is 0.0253. The molecule has 0 saturated carbocycles. The van der Waals surface area contributed by atoms with Gasteiger partial charge in [0.2, 0.25) is 5.91 Å². The molecule has 0 radical (unpaired) electrons. The number of aliphatic hydroxyl groups is 1. The molecule has 4 nitrogen and oxygen atoms in total. The van der Waals surface area contributed by atoms with Crippen molar-refractivity contribution < 1.29 is 9.90 Å². The van der Waals surface area contributed by atoms with Gasteiger partial charge in [0.1, 0.15) is 0 Å². The second kappa shape index (κ2) is 6.86. The van der Waals surface area contributed by atoms with E-state index in [2.05, 4.69) is 10.2 Å². The number of carbonyl (C=O) groups is 1. The molecule has 2 rings (SSSR count). The summed E-state index contributed by atoms with van der Waals surface area (Å²) in [6.45, 7) is 6.45. The molecule has 0 aliphatic carbocycles. The number of hydrogen-bond acceptors (Lipinski definition) is 3. The summed E-state index contributed by atoms with van der Waals surface area (Å²) in [6, 6.07) is 5.94. The molecule has 0 aromatic heterocycles. The predicted molar refractivity (Wildman–Crippen MR) is 80.8 cm³/mol. The van der Waals surface area contributed by atoms with Crippen LogP contribution in [0.25, 0.3) is 0 Å². The van der Waals surface area contributed by atoms with Gasteiger partial charge in [-0.1, -0.05) is 12.1 Å². The molecule has 1 atom stereocenters. The summed E-state index contributed by atoms with van der Waals surface area (Å²) >= 11 is 0. The Balaban J connectivity index is 1.90. The van der Waals surface area contributed by atoms with E-state index >= 15 is 0 Å². The lowest BCUT2D eigenvalue weighted by molar-refractivity contribution is -0.117. The largest absolute Gasteiger partial charge is 0.396 e. The van der Waals surface area contributed by atoms with Crippen molar-refractivity contribution in [3.8, 4) is 0 Å². The second-order valence-electron chi connectivity index (χ2n) is 5.72. The highest BCUT2D eigenvalue weighted by molar-refractivity contribution is 5.93. The Bertz CT molecular complexity index is 474. The van der Waals surface area contributed by atoms with Crippen LogP contribution in [0.15, 0.2) is 18.2 Å². The van der Waals surface area contributed by atoms with E-state index in [1.807, 2.05) is 32.0 Å². The van der Waals surface area contributed by atoms with E-state index in [0.717, 1.165) is 37.2 Å². The van der Waals surface area contributed by atoms with Gasteiger partial charge >= 0.3 is 0 Å². The van der Waals surface area contributed by atoms with Crippen LogP contribution in [-0.2, 0) is 4.79 Å². The van der Waals surface area contributed by atoms with Gasteiger partial charge in [0, 0.05) is 18.8 Å². The molecule has 20 heavy (non-hydrogen) atoms. The number of aryl methyl sites for hydroxylation is 1. The Morgan fingerprint density at radius 2 is 2.25 bits per heavy atom. The van der Waals surface area contributed by atoms with Gasteiger partial charge < -0.3 is 10.4 Å². The minimum atomic E-state index is 0.0253. The van der Waals surface area contributed by atoms with Crippen LogP contribution < -0.4 is 5.32 Å². The van der Waals surface area contributed by atoms with E-state index in [1.165, 1.54) is 5.56 Å². The maximum atomic E-state index is 12.1. The summed E-state index contributed by atoms with van der Waals surface area (Å²) in [5.41, 5.74) is 3.19. The van der Waals surface area contributed by atoms with E-state index < -0.39 is 0 Å². The molecular formula is C16H24N2O2. The molecule has 1 aliphatic rings. The van der Waals surface area contributed by atoms with Gasteiger partial charge in [-0.25, -0.2) is 0 Å². The molecule has 1 unspecified atom stereocenters. The van der Waals surface area contributed by atoms with Crippen molar-refractivity contribution in [2.75, 3.05) is 31.6 Å². The first-order valence-corrected chi connectivity index (χ1v) is 7.29. The van der Waals surface area contributed by atoms with Gasteiger partial charge in [-0.15, -0.1) is 0 Å². The molecule has 1 fully saturated rings. The zero-order chi connectivity index (χ0) is 14.5. The number of likely N-dealkylation sites (tertiary alicyclic amines) is 1. The number of aliphatic hydroxyl groups excluding tert-OH is 1. The van der Waals surface area contributed by atoms with Crippen molar-refractivity contribution >= 4 is 11.6 Å². The molecule has 1 aliphatic heterocycles. The third-order valence-corrected chi connectivity index (χ3v) is 4.11. The first-order valence-electron chi connectivity index (χ1n) is 7.29. The maximum absolute atomic E-state index is 12.1. The Morgan fingerprint density at radius 3 is 3.00 bits per heavy atom. The summed E-state index contributed by atoms with van der Waals surface area (Å²) in [5, 5.41) is 12.2. The van der Waals surface area contributed by atoms with Crippen LogP contribution in [0.4, 0.5) is 5.69 Å². The molecule has 1 aromatic rings. The summed E-state index contributed by atoms with van der Waals surface area (Å²) in [7, 11) is 0. The normalized spacial score (nSPS) is 19.9. The van der Waals surface area contributed by atoms with Crippen molar-refractivity contribution in [2.24, 2.45) is 5.92 Å². The van der Waals surface area contributed by atoms with Gasteiger partial charge in [0.25, 0.3) is 0 Å². The molecule has 1 amide bonds. The minimum Gasteiger partial charge on any atom is -0.396 e. The van der Waals surface area contributed by atoms with Crippen LogP contribution in [0.2, 0.25) is 0 Å². The topological polar surface area (TPSA) is 52.6 Å². The Hall–Kier alpha value is -1.39. The molecular weight excluding hydrogens is 252 g/mol. The van der Waals surface area contributed by atoms with Crippen molar-refractivity contribution in [3.05, 3.63) is 29.3 Å². The molecule has 1 heterocycles. The van der Waals surface area contributed by atoms with E-state index in [1.54, 1.807) is 0 Å². The average Bonchev–Trinajstić information content (AvgIpc) is 2.44. The number of amides is 1. The fraction of sp³-hybridized carbons (Fsp3) is 0.562. The number of piperidine rings is 1. The zero-order valence-electron chi connectivity index (χ0n) is 12.4. The SMILES string of the molecule is Cc1cccc(NC(=O)CN2CCCC(CO)C2)c1C. The van der Waals surface area contributed by atoms with Crippen molar-refractivity contribution in [1.29, 1.82) is 0 Å². The highest BCUT2D eigenvalue weighted by Crippen LogP contribution is 2.19. The Labute approximate surface area is 120 Å². The average molecular weight is 276 g/mol. The molecule has 4 heteroatoms. The Kier molecular flexibility index (Phi) is 5.15. The van der Waals surface area contributed by atoms with Gasteiger partial charge in [-0.2, -0.15) is 0 Å². The maximum Gasteiger partial charge on any atom is 0.238 e. The number of hydrogen-bond donors (Lipinski definition) is 2. The molecule has 0 bridgehead atoms. The van der Waals surface area contributed by atoms with Crippen LogP contribution in [0.1, 0.15) is 24.0 Å². The van der Waals surface area contributed by atoms with Crippen LogP contribution in [0.5, 0.6) is 0 Å². The monoisotopic (exact) mass is 276 g/mol. The van der Waals surface area contributed by atoms with Crippen LogP contribution >= 0.6 is 0 Å². The molecule has 1 aromatic carbocycles. The van der Waals surface area contributed by atoms with E-state index in [9.17, 15) is 9.90 Å². The fourth-order valence-electron chi connectivity index (χ4n) is 2.72. The predicted octanol–water partition coefficient (Wildman–Crippen LogP) is 1.95. The van der Waals surface area contributed by atoms with Gasteiger partial charge in [0.05, 0.1) is 6.54 Å².